The Labute approximate surface area is 93.8 Å². The molecule has 1 rings (SSSR count). The predicted octanol–water partition coefficient (Wildman–Crippen LogP) is 1.11. The van der Waals surface area contributed by atoms with E-state index in [0.717, 1.165) is 11.8 Å². The van der Waals surface area contributed by atoms with Gasteiger partial charge in [0.2, 0.25) is 5.91 Å². The maximum atomic E-state index is 11.4. The number of thioether (sulfide) groups is 1. The van der Waals surface area contributed by atoms with Gasteiger partial charge in [0, 0.05) is 6.04 Å². The minimum absolute atomic E-state index is 0.0625. The van der Waals surface area contributed by atoms with Crippen LogP contribution in [0.3, 0.4) is 0 Å². The predicted molar refractivity (Wildman–Crippen MR) is 59.9 cm³/mol. The molecule has 0 spiro atoms. The summed E-state index contributed by atoms with van der Waals surface area (Å²) in [7, 11) is 0. The van der Waals surface area contributed by atoms with E-state index < -0.39 is 11.2 Å². The van der Waals surface area contributed by atoms with Crippen LogP contribution in [0.15, 0.2) is 0 Å². The van der Waals surface area contributed by atoms with E-state index in [4.69, 9.17) is 5.11 Å². The summed E-state index contributed by atoms with van der Waals surface area (Å²) in [6.07, 6.45) is 2.39. The zero-order valence-corrected chi connectivity index (χ0v) is 9.84. The molecular weight excluding hydrogens is 214 g/mol. The standard InChI is InChI=1S/C10H17NO3S/c1-6(8-3-4-8)11-9(12)5-15-7(2)10(13)14/h6-8H,3-5H2,1-2H3,(H,11,12)(H,13,14)/t6-,7+/m0/s1. The maximum Gasteiger partial charge on any atom is 0.316 e. The third kappa shape index (κ3) is 4.55. The van der Waals surface area contributed by atoms with Gasteiger partial charge in [-0.15, -0.1) is 11.8 Å². The van der Waals surface area contributed by atoms with Crippen molar-refractivity contribution in [2.45, 2.75) is 38.0 Å². The zero-order chi connectivity index (χ0) is 11.4. The number of carbonyl (C=O) groups is 2. The molecule has 0 aromatic heterocycles. The van der Waals surface area contributed by atoms with Gasteiger partial charge in [-0.05, 0) is 32.6 Å². The van der Waals surface area contributed by atoms with Gasteiger partial charge in [-0.2, -0.15) is 0 Å². The Morgan fingerprint density at radius 3 is 2.53 bits per heavy atom. The average Bonchev–Trinajstić information content (AvgIpc) is 2.96. The van der Waals surface area contributed by atoms with E-state index in [9.17, 15) is 9.59 Å². The minimum atomic E-state index is -0.872. The lowest BCUT2D eigenvalue weighted by atomic mass is 10.2. The van der Waals surface area contributed by atoms with Crippen LogP contribution in [-0.4, -0.2) is 34.0 Å². The van der Waals surface area contributed by atoms with Crippen molar-refractivity contribution < 1.29 is 14.7 Å². The lowest BCUT2D eigenvalue weighted by Gasteiger charge is -2.13. The van der Waals surface area contributed by atoms with E-state index in [-0.39, 0.29) is 17.7 Å². The first-order valence-electron chi connectivity index (χ1n) is 5.14. The van der Waals surface area contributed by atoms with Crippen molar-refractivity contribution in [3.05, 3.63) is 0 Å². The molecule has 0 heterocycles. The number of rotatable bonds is 6. The molecule has 0 bridgehead atoms. The first-order valence-corrected chi connectivity index (χ1v) is 6.19. The Balaban J connectivity index is 2.15. The van der Waals surface area contributed by atoms with Crippen molar-refractivity contribution in [3.8, 4) is 0 Å². The highest BCUT2D eigenvalue weighted by molar-refractivity contribution is 8.01. The molecule has 0 unspecified atom stereocenters. The van der Waals surface area contributed by atoms with E-state index in [0.29, 0.717) is 5.92 Å². The van der Waals surface area contributed by atoms with Crippen LogP contribution in [0.5, 0.6) is 0 Å². The summed E-state index contributed by atoms with van der Waals surface area (Å²) in [5, 5.41) is 11.0. The molecule has 86 valence electrons. The van der Waals surface area contributed by atoms with Crippen LogP contribution in [0, 0.1) is 5.92 Å². The number of carbonyl (C=O) groups excluding carboxylic acids is 1. The maximum absolute atomic E-state index is 11.4. The van der Waals surface area contributed by atoms with Gasteiger partial charge in [-0.25, -0.2) is 0 Å². The molecule has 1 aliphatic carbocycles. The average molecular weight is 231 g/mol. The van der Waals surface area contributed by atoms with Crippen molar-refractivity contribution in [2.24, 2.45) is 5.92 Å². The van der Waals surface area contributed by atoms with Crippen LogP contribution in [0.4, 0.5) is 0 Å². The molecule has 0 aromatic carbocycles. The van der Waals surface area contributed by atoms with Crippen LogP contribution < -0.4 is 5.32 Å². The van der Waals surface area contributed by atoms with Crippen molar-refractivity contribution in [2.75, 3.05) is 5.75 Å². The number of carboxylic acids is 1. The van der Waals surface area contributed by atoms with Crippen LogP contribution in [-0.2, 0) is 9.59 Å². The molecule has 0 aliphatic heterocycles. The van der Waals surface area contributed by atoms with Crippen molar-refractivity contribution in [1.29, 1.82) is 0 Å². The lowest BCUT2D eigenvalue weighted by Crippen LogP contribution is -2.35. The van der Waals surface area contributed by atoms with E-state index in [1.54, 1.807) is 6.92 Å². The van der Waals surface area contributed by atoms with Crippen molar-refractivity contribution in [3.63, 3.8) is 0 Å². The Morgan fingerprint density at radius 2 is 2.07 bits per heavy atom. The van der Waals surface area contributed by atoms with Crippen LogP contribution in [0.1, 0.15) is 26.7 Å². The molecule has 1 fully saturated rings. The second kappa shape index (κ2) is 5.39. The third-order valence-electron chi connectivity index (χ3n) is 2.53. The summed E-state index contributed by atoms with van der Waals surface area (Å²) < 4.78 is 0. The summed E-state index contributed by atoms with van der Waals surface area (Å²) in [4.78, 5) is 21.9. The number of nitrogens with one attached hydrogen (secondary N) is 1. The van der Waals surface area contributed by atoms with E-state index in [1.807, 2.05) is 6.92 Å². The SMILES string of the molecule is C[C@H](NC(=O)CS[C@H](C)C(=O)O)C1CC1. The largest absolute Gasteiger partial charge is 0.480 e. The second-order valence-corrected chi connectivity index (χ2v) is 5.31. The highest BCUT2D eigenvalue weighted by atomic mass is 32.2. The molecular formula is C10H17NO3S. The first kappa shape index (κ1) is 12.4. The molecule has 1 saturated carbocycles. The van der Waals surface area contributed by atoms with Crippen LogP contribution >= 0.6 is 11.8 Å². The van der Waals surface area contributed by atoms with Crippen molar-refractivity contribution >= 4 is 23.6 Å². The van der Waals surface area contributed by atoms with Crippen molar-refractivity contribution in [1.82, 2.24) is 5.32 Å². The summed E-state index contributed by atoms with van der Waals surface area (Å²) >= 11 is 1.16. The van der Waals surface area contributed by atoms with Crippen LogP contribution in [0.2, 0.25) is 0 Å². The van der Waals surface area contributed by atoms with E-state index in [2.05, 4.69) is 5.32 Å². The van der Waals surface area contributed by atoms with Gasteiger partial charge in [-0.3, -0.25) is 9.59 Å². The number of hydrogen-bond donors (Lipinski definition) is 2. The van der Waals surface area contributed by atoms with Crippen LogP contribution in [0.25, 0.3) is 0 Å². The first-order chi connectivity index (χ1) is 7.00. The minimum Gasteiger partial charge on any atom is -0.480 e. The third-order valence-corrected chi connectivity index (χ3v) is 3.66. The Kier molecular flexibility index (Phi) is 4.45. The van der Waals surface area contributed by atoms with Gasteiger partial charge in [0.05, 0.1) is 11.0 Å². The molecule has 4 nitrogen and oxygen atoms in total. The molecule has 0 aromatic rings. The van der Waals surface area contributed by atoms with E-state index in [1.165, 1.54) is 12.8 Å². The summed E-state index contributed by atoms with van der Waals surface area (Å²) in [5.41, 5.74) is 0. The monoisotopic (exact) mass is 231 g/mol. The van der Waals surface area contributed by atoms with E-state index >= 15 is 0 Å². The summed E-state index contributed by atoms with van der Waals surface area (Å²) in [5.74, 6) is -0.0729. The Hall–Kier alpha value is -0.710. The molecule has 2 atom stereocenters. The van der Waals surface area contributed by atoms with Gasteiger partial charge >= 0.3 is 5.97 Å². The summed E-state index contributed by atoms with van der Waals surface area (Å²) in [6, 6.07) is 0.234. The quantitative estimate of drug-likeness (QED) is 0.718. The number of aliphatic carboxylic acids is 1. The van der Waals surface area contributed by atoms with Gasteiger partial charge in [0.25, 0.3) is 0 Å². The number of hydrogen-bond acceptors (Lipinski definition) is 3. The molecule has 15 heavy (non-hydrogen) atoms. The summed E-state index contributed by atoms with van der Waals surface area (Å²) in [6.45, 7) is 3.59. The molecule has 1 amide bonds. The topological polar surface area (TPSA) is 66.4 Å². The number of carboxylic acid groups (broad SMARTS) is 1. The highest BCUT2D eigenvalue weighted by Crippen LogP contribution is 2.32. The van der Waals surface area contributed by atoms with Gasteiger partial charge < -0.3 is 10.4 Å². The fourth-order valence-corrected chi connectivity index (χ4v) is 1.91. The van der Waals surface area contributed by atoms with Gasteiger partial charge in [-0.1, -0.05) is 0 Å². The molecule has 1 aliphatic rings. The molecule has 5 heteroatoms. The normalized spacial score (nSPS) is 19.3. The molecule has 0 saturated heterocycles. The fourth-order valence-electron chi connectivity index (χ4n) is 1.28. The molecule has 0 radical (unpaired) electrons. The number of amides is 1. The zero-order valence-electron chi connectivity index (χ0n) is 9.03. The smallest absolute Gasteiger partial charge is 0.316 e. The van der Waals surface area contributed by atoms with Gasteiger partial charge in [0.15, 0.2) is 0 Å². The van der Waals surface area contributed by atoms with Gasteiger partial charge in [0.1, 0.15) is 0 Å². The lowest BCUT2D eigenvalue weighted by molar-refractivity contribution is -0.136. The molecule has 2 N–H and O–H groups in total. The fraction of sp³-hybridized carbons (Fsp3) is 0.800. The highest BCUT2D eigenvalue weighted by Gasteiger charge is 2.28. The Bertz CT molecular complexity index is 253. The second-order valence-electron chi connectivity index (χ2n) is 3.99. The Morgan fingerprint density at radius 1 is 1.47 bits per heavy atom.